The van der Waals surface area contributed by atoms with Crippen LogP contribution in [0.1, 0.15) is 50.8 Å². The molecule has 0 fully saturated rings. The largest absolute Gasteiger partial charge is 0.463 e. The molecular formula is C28H27N3O4S. The number of amides is 1. The second-order valence-electron chi connectivity index (χ2n) is 8.74. The number of hydrogen-bond donors (Lipinski definition) is 0. The highest BCUT2D eigenvalue weighted by Gasteiger charge is 2.37. The summed E-state index contributed by atoms with van der Waals surface area (Å²) >= 11 is 1.19. The van der Waals surface area contributed by atoms with Crippen molar-refractivity contribution < 1.29 is 14.3 Å². The Hall–Kier alpha value is -3.78. The second-order valence-corrected chi connectivity index (χ2v) is 9.71. The monoisotopic (exact) mass is 501 g/mol. The first-order valence-electron chi connectivity index (χ1n) is 12.2. The fourth-order valence-corrected chi connectivity index (χ4v) is 5.97. The summed E-state index contributed by atoms with van der Waals surface area (Å²) in [6.07, 6.45) is 1.82. The Morgan fingerprint density at radius 1 is 1.06 bits per heavy atom. The quantitative estimate of drug-likeness (QED) is 0.486. The van der Waals surface area contributed by atoms with Crippen molar-refractivity contribution in [3.63, 3.8) is 0 Å². The van der Waals surface area contributed by atoms with Crippen LogP contribution in [0, 0.1) is 0 Å². The summed E-state index contributed by atoms with van der Waals surface area (Å²) in [5, 5.41) is 0. The molecule has 0 saturated heterocycles. The lowest BCUT2D eigenvalue weighted by molar-refractivity contribution is -0.139. The van der Waals surface area contributed by atoms with Gasteiger partial charge in [-0.1, -0.05) is 73.2 Å². The number of esters is 1. The van der Waals surface area contributed by atoms with E-state index in [1.807, 2.05) is 54.6 Å². The van der Waals surface area contributed by atoms with Gasteiger partial charge in [-0.25, -0.2) is 9.79 Å². The van der Waals surface area contributed by atoms with Gasteiger partial charge >= 0.3 is 5.97 Å². The molecule has 7 nitrogen and oxygen atoms in total. The Bertz CT molecular complexity index is 1570. The SMILES string of the molecule is CCCCN1C(=O)C(=c2sc3n(c2=O)C(c2ccccc2)C(C(=O)OCC)=C(C)N=3)c2ccccc21. The normalized spacial score (nSPS) is 18.1. The van der Waals surface area contributed by atoms with Gasteiger partial charge in [-0.05, 0) is 31.9 Å². The molecule has 0 bridgehead atoms. The number of benzene rings is 2. The average molecular weight is 502 g/mol. The maximum Gasteiger partial charge on any atom is 0.338 e. The fraction of sp³-hybridized carbons (Fsp3) is 0.286. The Labute approximate surface area is 212 Å². The van der Waals surface area contributed by atoms with E-state index in [-0.39, 0.29) is 18.1 Å². The molecule has 3 aromatic rings. The average Bonchev–Trinajstić information content (AvgIpc) is 3.34. The summed E-state index contributed by atoms with van der Waals surface area (Å²) in [7, 11) is 0. The maximum atomic E-state index is 14.0. The van der Waals surface area contributed by atoms with Crippen LogP contribution in [0.15, 0.2) is 75.7 Å². The van der Waals surface area contributed by atoms with E-state index in [0.717, 1.165) is 29.7 Å². The second kappa shape index (κ2) is 9.70. The fourth-order valence-electron chi connectivity index (χ4n) is 4.83. The summed E-state index contributed by atoms with van der Waals surface area (Å²) in [6.45, 7) is 6.39. The van der Waals surface area contributed by atoms with Crippen molar-refractivity contribution in [2.24, 2.45) is 4.99 Å². The number of hydrogen-bond acceptors (Lipinski definition) is 6. The van der Waals surface area contributed by atoms with Crippen molar-refractivity contribution in [1.29, 1.82) is 0 Å². The molecule has 0 aliphatic carbocycles. The van der Waals surface area contributed by atoms with Crippen LogP contribution in [0.2, 0.25) is 0 Å². The predicted octanol–water partition coefficient (Wildman–Crippen LogP) is 3.32. The van der Waals surface area contributed by atoms with Crippen molar-refractivity contribution in [3.8, 4) is 0 Å². The lowest BCUT2D eigenvalue weighted by Gasteiger charge is -2.24. The summed E-state index contributed by atoms with van der Waals surface area (Å²) in [6, 6.07) is 16.3. The number of thiazole rings is 1. The van der Waals surface area contributed by atoms with Gasteiger partial charge in [0.1, 0.15) is 4.53 Å². The number of anilines is 1. The number of nitrogens with zero attached hydrogens (tertiary/aromatic N) is 3. The minimum absolute atomic E-state index is 0.174. The Morgan fingerprint density at radius 2 is 1.78 bits per heavy atom. The molecule has 36 heavy (non-hydrogen) atoms. The van der Waals surface area contributed by atoms with Crippen molar-refractivity contribution in [1.82, 2.24) is 4.57 Å². The minimum atomic E-state index is -0.696. The van der Waals surface area contributed by atoms with Crippen LogP contribution in [0.4, 0.5) is 5.69 Å². The Kier molecular flexibility index (Phi) is 6.45. The summed E-state index contributed by atoms with van der Waals surface area (Å²) in [5.74, 6) is -0.675. The minimum Gasteiger partial charge on any atom is -0.463 e. The van der Waals surface area contributed by atoms with Gasteiger partial charge in [0.05, 0.1) is 35.2 Å². The molecule has 184 valence electrons. The van der Waals surface area contributed by atoms with Gasteiger partial charge in [-0.2, -0.15) is 0 Å². The van der Waals surface area contributed by atoms with Gasteiger partial charge in [0.25, 0.3) is 11.5 Å². The first kappa shape index (κ1) is 23.9. The molecule has 8 heteroatoms. The van der Waals surface area contributed by atoms with Crippen LogP contribution in [-0.2, 0) is 14.3 Å². The van der Waals surface area contributed by atoms with Crippen LogP contribution in [0.3, 0.4) is 0 Å². The van der Waals surface area contributed by atoms with Crippen molar-refractivity contribution in [2.45, 2.75) is 39.7 Å². The molecule has 2 aliphatic rings. The molecule has 0 spiro atoms. The standard InChI is InChI=1S/C28H27N3O4S/c1-4-6-16-30-20-15-11-10-14-19(20)22(25(30)32)24-26(33)31-23(18-12-8-7-9-13-18)21(27(34)35-5-2)17(3)29-28(31)36-24/h7-15,23H,4-6,16H2,1-3H3. The zero-order valence-corrected chi connectivity index (χ0v) is 21.3. The molecule has 1 aromatic heterocycles. The maximum absolute atomic E-state index is 14.0. The van der Waals surface area contributed by atoms with E-state index in [0.29, 0.717) is 32.7 Å². The number of allylic oxidation sites excluding steroid dienone is 1. The van der Waals surface area contributed by atoms with Crippen LogP contribution in [-0.4, -0.2) is 29.6 Å². The number of unbranched alkanes of at least 4 members (excludes halogenated alkanes) is 1. The number of rotatable bonds is 6. The first-order valence-corrected chi connectivity index (χ1v) is 13.0. The number of para-hydroxylation sites is 1. The number of aromatic nitrogens is 1. The molecule has 3 heterocycles. The van der Waals surface area contributed by atoms with Gasteiger partial charge in [0.2, 0.25) is 0 Å². The molecular weight excluding hydrogens is 474 g/mol. The molecule has 2 aliphatic heterocycles. The zero-order valence-electron chi connectivity index (χ0n) is 20.5. The lowest BCUT2D eigenvalue weighted by atomic mass is 9.96. The van der Waals surface area contributed by atoms with Crippen molar-refractivity contribution in [2.75, 3.05) is 18.1 Å². The molecule has 0 saturated carbocycles. The van der Waals surface area contributed by atoms with E-state index in [9.17, 15) is 14.4 Å². The van der Waals surface area contributed by atoms with Crippen molar-refractivity contribution >= 4 is 34.5 Å². The highest BCUT2D eigenvalue weighted by Crippen LogP contribution is 2.35. The van der Waals surface area contributed by atoms with Gasteiger partial charge in [0.15, 0.2) is 4.80 Å². The third-order valence-corrected chi connectivity index (χ3v) is 7.55. The lowest BCUT2D eigenvalue weighted by Crippen LogP contribution is -2.41. The number of carbonyl (C=O) groups excluding carboxylic acids is 2. The van der Waals surface area contributed by atoms with Crippen LogP contribution < -0.4 is 19.8 Å². The smallest absolute Gasteiger partial charge is 0.338 e. The summed E-state index contributed by atoms with van der Waals surface area (Å²) < 4.78 is 7.22. The molecule has 5 rings (SSSR count). The van der Waals surface area contributed by atoms with E-state index in [1.165, 1.54) is 15.9 Å². The third-order valence-electron chi connectivity index (χ3n) is 6.49. The zero-order chi connectivity index (χ0) is 25.4. The summed E-state index contributed by atoms with van der Waals surface area (Å²) in [5.41, 5.74) is 3.24. The molecule has 1 unspecified atom stereocenters. The number of fused-ring (bicyclic) bond motifs is 2. The molecule has 2 aromatic carbocycles. The van der Waals surface area contributed by atoms with E-state index in [2.05, 4.69) is 11.9 Å². The van der Waals surface area contributed by atoms with E-state index in [4.69, 9.17) is 4.74 Å². The first-order chi connectivity index (χ1) is 17.5. The topological polar surface area (TPSA) is 81.0 Å². The Morgan fingerprint density at radius 3 is 2.50 bits per heavy atom. The highest BCUT2D eigenvalue weighted by molar-refractivity contribution is 7.07. The highest BCUT2D eigenvalue weighted by atomic mass is 32.1. The van der Waals surface area contributed by atoms with Gasteiger partial charge < -0.3 is 9.64 Å². The van der Waals surface area contributed by atoms with Crippen LogP contribution >= 0.6 is 11.3 Å². The van der Waals surface area contributed by atoms with Gasteiger partial charge in [-0.15, -0.1) is 0 Å². The summed E-state index contributed by atoms with van der Waals surface area (Å²) in [4.78, 5) is 47.5. The number of ether oxygens (including phenoxy) is 1. The van der Waals surface area contributed by atoms with E-state index < -0.39 is 12.0 Å². The predicted molar refractivity (Wildman–Crippen MR) is 139 cm³/mol. The third kappa shape index (κ3) is 3.82. The van der Waals surface area contributed by atoms with Gasteiger partial charge in [-0.3, -0.25) is 14.2 Å². The van der Waals surface area contributed by atoms with Gasteiger partial charge in [0, 0.05) is 12.1 Å². The number of carbonyl (C=O) groups is 2. The van der Waals surface area contributed by atoms with Crippen LogP contribution in [0.25, 0.3) is 5.57 Å². The van der Waals surface area contributed by atoms with E-state index >= 15 is 0 Å². The van der Waals surface area contributed by atoms with Crippen molar-refractivity contribution in [3.05, 3.63) is 96.7 Å². The van der Waals surface area contributed by atoms with E-state index in [1.54, 1.807) is 18.7 Å². The molecule has 1 atom stereocenters. The molecule has 0 radical (unpaired) electrons. The van der Waals surface area contributed by atoms with Crippen LogP contribution in [0.5, 0.6) is 0 Å². The molecule has 0 N–H and O–H groups in total. The molecule has 1 amide bonds. The Balaban J connectivity index is 1.78.